The van der Waals surface area contributed by atoms with Crippen LogP contribution in [0.4, 0.5) is 4.39 Å². The van der Waals surface area contributed by atoms with Crippen molar-refractivity contribution >= 4 is 33.9 Å². The molecule has 0 radical (unpaired) electrons. The number of hydrogen-bond acceptors (Lipinski definition) is 3. The molecule has 4 rings (SSSR count). The molecule has 2 unspecified atom stereocenters. The normalized spacial score (nSPS) is 19.1. The Labute approximate surface area is 198 Å². The second kappa shape index (κ2) is 10.1. The lowest BCUT2D eigenvalue weighted by molar-refractivity contribution is -0.122. The minimum atomic E-state index is -1.03. The van der Waals surface area contributed by atoms with Crippen LogP contribution in [-0.2, 0) is 15.6 Å². The van der Waals surface area contributed by atoms with Crippen molar-refractivity contribution in [1.82, 2.24) is 10.2 Å². The Morgan fingerprint density at radius 1 is 1.15 bits per heavy atom. The first-order chi connectivity index (χ1) is 15.8. The predicted octanol–water partition coefficient (Wildman–Crippen LogP) is 4.74. The average molecular weight is 467 g/mol. The first kappa shape index (κ1) is 23.6. The van der Waals surface area contributed by atoms with Gasteiger partial charge in [0.25, 0.3) is 0 Å². The summed E-state index contributed by atoms with van der Waals surface area (Å²) in [6.07, 6.45) is 6.17. The van der Waals surface area contributed by atoms with Gasteiger partial charge in [0, 0.05) is 35.0 Å². The fourth-order valence-electron chi connectivity index (χ4n) is 4.82. The van der Waals surface area contributed by atoms with Gasteiger partial charge in [-0.2, -0.15) is 0 Å². The van der Waals surface area contributed by atoms with E-state index >= 15 is 0 Å². The van der Waals surface area contributed by atoms with Crippen LogP contribution < -0.4 is 5.32 Å². The van der Waals surface area contributed by atoms with Crippen molar-refractivity contribution in [3.05, 3.63) is 70.5 Å². The van der Waals surface area contributed by atoms with Gasteiger partial charge in [0.1, 0.15) is 5.82 Å². The highest BCUT2D eigenvalue weighted by Gasteiger charge is 2.30. The van der Waals surface area contributed by atoms with Crippen molar-refractivity contribution in [1.29, 1.82) is 0 Å². The molecule has 1 heterocycles. The number of carbonyl (C=O) groups is 1. The number of nitrogens with one attached hydrogen (secondary N) is 1. The van der Waals surface area contributed by atoms with Gasteiger partial charge in [-0.05, 0) is 104 Å². The zero-order chi connectivity index (χ0) is 23.5. The third kappa shape index (κ3) is 5.17. The predicted molar refractivity (Wildman–Crippen MR) is 133 cm³/mol. The highest BCUT2D eigenvalue weighted by atomic mass is 32.2. The summed E-state index contributed by atoms with van der Waals surface area (Å²) in [5.74, 6) is -0.730. The van der Waals surface area contributed by atoms with Crippen LogP contribution in [0.25, 0.3) is 17.2 Å². The highest BCUT2D eigenvalue weighted by Crippen LogP contribution is 2.45. The van der Waals surface area contributed by atoms with Crippen LogP contribution in [0.1, 0.15) is 43.4 Å². The summed E-state index contributed by atoms with van der Waals surface area (Å²) in [6, 6.07) is 12.4. The number of halogens is 1. The van der Waals surface area contributed by atoms with Crippen LogP contribution in [0.2, 0.25) is 0 Å². The molecule has 1 aliphatic heterocycles. The molecule has 33 heavy (non-hydrogen) atoms. The molecule has 6 heteroatoms. The van der Waals surface area contributed by atoms with E-state index in [0.29, 0.717) is 6.54 Å². The lowest BCUT2D eigenvalue weighted by Gasteiger charge is -2.18. The summed E-state index contributed by atoms with van der Waals surface area (Å²) in [5, 5.41) is 3.08. The van der Waals surface area contributed by atoms with Crippen molar-refractivity contribution < 1.29 is 13.4 Å². The van der Waals surface area contributed by atoms with Gasteiger partial charge in [0.05, 0.1) is 5.92 Å². The molecule has 2 aromatic rings. The molecule has 174 valence electrons. The molecule has 1 amide bonds. The quantitative estimate of drug-likeness (QED) is 0.641. The van der Waals surface area contributed by atoms with E-state index in [4.69, 9.17) is 0 Å². The number of carbonyl (C=O) groups excluding carboxylic acids is 1. The monoisotopic (exact) mass is 466 g/mol. The Hall–Kier alpha value is -2.57. The zero-order valence-electron chi connectivity index (χ0n) is 19.5. The number of likely N-dealkylation sites (tertiary alicyclic amines) is 1. The van der Waals surface area contributed by atoms with Gasteiger partial charge in [-0.25, -0.2) is 4.39 Å². The molecule has 1 fully saturated rings. The van der Waals surface area contributed by atoms with Gasteiger partial charge in [-0.1, -0.05) is 18.2 Å². The molecule has 1 aliphatic carbocycles. The SMILES string of the molecule is CC1=C(C(C)C(=O)NCCN2CCCC2)c2cc(F)ccc2/C1=C\c1ccc(S(C)=O)cc1. The van der Waals surface area contributed by atoms with Gasteiger partial charge >= 0.3 is 0 Å². The molecule has 4 nitrogen and oxygen atoms in total. The number of hydrogen-bond donors (Lipinski definition) is 1. The summed E-state index contributed by atoms with van der Waals surface area (Å²) < 4.78 is 25.9. The first-order valence-electron chi connectivity index (χ1n) is 11.5. The van der Waals surface area contributed by atoms with E-state index < -0.39 is 10.8 Å². The lowest BCUT2D eigenvalue weighted by Crippen LogP contribution is -2.36. The van der Waals surface area contributed by atoms with Crippen LogP contribution in [0, 0.1) is 11.7 Å². The van der Waals surface area contributed by atoms with Crippen LogP contribution >= 0.6 is 0 Å². The Morgan fingerprint density at radius 2 is 1.85 bits per heavy atom. The van der Waals surface area contributed by atoms with Crippen LogP contribution in [0.3, 0.4) is 0 Å². The van der Waals surface area contributed by atoms with E-state index in [0.717, 1.165) is 57.9 Å². The number of nitrogens with zero attached hydrogens (tertiary/aromatic N) is 1. The van der Waals surface area contributed by atoms with Crippen LogP contribution in [0.5, 0.6) is 0 Å². The van der Waals surface area contributed by atoms with Gasteiger partial charge in [0.15, 0.2) is 0 Å². The number of benzene rings is 2. The van der Waals surface area contributed by atoms with Crippen molar-refractivity contribution in [2.75, 3.05) is 32.4 Å². The summed E-state index contributed by atoms with van der Waals surface area (Å²) in [5.41, 5.74) is 5.54. The number of rotatable bonds is 7. The van der Waals surface area contributed by atoms with Crippen molar-refractivity contribution in [2.45, 2.75) is 31.6 Å². The molecule has 0 spiro atoms. The Balaban J connectivity index is 1.60. The smallest absolute Gasteiger partial charge is 0.227 e. The van der Waals surface area contributed by atoms with Crippen LogP contribution in [-0.4, -0.2) is 47.5 Å². The minimum Gasteiger partial charge on any atom is -0.354 e. The lowest BCUT2D eigenvalue weighted by atomic mass is 9.93. The van der Waals surface area contributed by atoms with Crippen molar-refractivity contribution in [3.63, 3.8) is 0 Å². The largest absolute Gasteiger partial charge is 0.354 e. The molecule has 2 atom stereocenters. The molecule has 0 saturated carbocycles. The van der Waals surface area contributed by atoms with Crippen LogP contribution in [0.15, 0.2) is 52.9 Å². The number of allylic oxidation sites excluding steroid dienone is 2. The number of amides is 1. The zero-order valence-corrected chi connectivity index (χ0v) is 20.3. The molecule has 1 N–H and O–H groups in total. The molecule has 0 aromatic heterocycles. The topological polar surface area (TPSA) is 49.4 Å². The first-order valence-corrected chi connectivity index (χ1v) is 13.1. The number of fused-ring (bicyclic) bond motifs is 1. The molecule has 0 bridgehead atoms. The molecule has 2 aliphatic rings. The maximum absolute atomic E-state index is 14.2. The fourth-order valence-corrected chi connectivity index (χ4v) is 5.34. The minimum absolute atomic E-state index is 0.0326. The molecule has 1 saturated heterocycles. The third-order valence-electron chi connectivity index (χ3n) is 6.65. The van der Waals surface area contributed by atoms with E-state index in [1.807, 2.05) is 38.1 Å². The Kier molecular flexibility index (Phi) is 7.25. The highest BCUT2D eigenvalue weighted by molar-refractivity contribution is 7.84. The van der Waals surface area contributed by atoms with E-state index in [1.54, 1.807) is 12.3 Å². The van der Waals surface area contributed by atoms with E-state index in [9.17, 15) is 13.4 Å². The standard InChI is InChI=1S/C27H31FN2O2S/c1-18-24(16-20-6-9-22(10-7-20)33(3)32)23-11-8-21(28)17-25(23)26(18)19(2)27(31)29-12-15-30-13-4-5-14-30/h6-11,16-17,19H,4-5,12-15H2,1-3H3,(H,29,31)/b24-16-. The van der Waals surface area contributed by atoms with Gasteiger partial charge in [0.2, 0.25) is 5.91 Å². The Bertz CT molecular complexity index is 1130. The summed E-state index contributed by atoms with van der Waals surface area (Å²) >= 11 is 0. The third-order valence-corrected chi connectivity index (χ3v) is 7.58. The summed E-state index contributed by atoms with van der Waals surface area (Å²) in [7, 11) is -1.03. The summed E-state index contributed by atoms with van der Waals surface area (Å²) in [4.78, 5) is 16.2. The average Bonchev–Trinajstić information content (AvgIpc) is 3.40. The second-order valence-corrected chi connectivity index (χ2v) is 10.3. The van der Waals surface area contributed by atoms with E-state index in [2.05, 4.69) is 16.3 Å². The van der Waals surface area contributed by atoms with Gasteiger partial charge < -0.3 is 10.2 Å². The van der Waals surface area contributed by atoms with Crippen molar-refractivity contribution in [3.8, 4) is 0 Å². The second-order valence-electron chi connectivity index (χ2n) is 8.87. The Morgan fingerprint density at radius 3 is 2.52 bits per heavy atom. The maximum atomic E-state index is 14.2. The van der Waals surface area contributed by atoms with Crippen molar-refractivity contribution in [2.24, 2.45) is 5.92 Å². The molecule has 2 aromatic carbocycles. The van der Waals surface area contributed by atoms with Gasteiger partial charge in [-0.3, -0.25) is 9.00 Å². The summed E-state index contributed by atoms with van der Waals surface area (Å²) in [6.45, 7) is 7.59. The molecular formula is C27H31FN2O2S. The van der Waals surface area contributed by atoms with Gasteiger partial charge in [-0.15, -0.1) is 0 Å². The maximum Gasteiger partial charge on any atom is 0.227 e. The van der Waals surface area contributed by atoms with E-state index in [-0.39, 0.29) is 17.6 Å². The molecular weight excluding hydrogens is 435 g/mol. The van der Waals surface area contributed by atoms with E-state index in [1.165, 1.54) is 25.0 Å². The fraction of sp³-hybridized carbons (Fsp3) is 0.370.